The van der Waals surface area contributed by atoms with Crippen molar-refractivity contribution in [3.8, 4) is 0 Å². The van der Waals surface area contributed by atoms with Gasteiger partial charge >= 0.3 is 0 Å². The number of halogens is 1. The summed E-state index contributed by atoms with van der Waals surface area (Å²) in [4.78, 5) is 18.7. The van der Waals surface area contributed by atoms with Gasteiger partial charge in [0, 0.05) is 18.0 Å². The highest BCUT2D eigenvalue weighted by atomic mass is 35.5. The lowest BCUT2D eigenvalue weighted by atomic mass is 10.0. The van der Waals surface area contributed by atoms with Gasteiger partial charge in [-0.3, -0.25) is 4.90 Å². The van der Waals surface area contributed by atoms with E-state index in [0.717, 1.165) is 35.5 Å². The fourth-order valence-electron chi connectivity index (χ4n) is 3.28. The van der Waals surface area contributed by atoms with E-state index in [4.69, 9.17) is 11.6 Å². The lowest BCUT2D eigenvalue weighted by Crippen LogP contribution is -2.51. The maximum Gasteiger partial charge on any atom is 0.230 e. The van der Waals surface area contributed by atoms with Gasteiger partial charge in [0.05, 0.1) is 5.36 Å². The second-order valence-electron chi connectivity index (χ2n) is 6.32. The van der Waals surface area contributed by atoms with Crippen LogP contribution in [-0.2, 0) is 4.79 Å². The van der Waals surface area contributed by atoms with E-state index in [1.54, 1.807) is 6.08 Å². The standard InChI is InChI=1S/C18H20ClN3O2/c1-4-5-8-18(2)21(3)16(19)17(24)22(18)14-6-7-15-12(10-14)9-13(11-23)20-15/h6-7,9-10,24H,4-5,8H2,1-3H3. The molecular weight excluding hydrogens is 326 g/mol. The SMILES string of the molecule is CCCCC1(C)N(C)C(Cl)=C(O)N1c1ccc2c(c1)=CC(=C=O)N=2. The molecule has 1 atom stereocenters. The Morgan fingerprint density at radius 1 is 1.42 bits per heavy atom. The van der Waals surface area contributed by atoms with Crippen molar-refractivity contribution in [3.05, 3.63) is 45.5 Å². The Bertz CT molecular complexity index is 886. The first kappa shape index (κ1) is 16.6. The molecule has 0 aromatic heterocycles. The van der Waals surface area contributed by atoms with E-state index in [1.807, 2.05) is 41.0 Å². The fourth-order valence-corrected chi connectivity index (χ4v) is 3.55. The first-order chi connectivity index (χ1) is 11.4. The smallest absolute Gasteiger partial charge is 0.230 e. The molecule has 2 aliphatic heterocycles. The van der Waals surface area contributed by atoms with Crippen LogP contribution in [0.4, 0.5) is 5.69 Å². The predicted octanol–water partition coefficient (Wildman–Crippen LogP) is 2.40. The molecule has 2 aliphatic rings. The summed E-state index contributed by atoms with van der Waals surface area (Å²) in [6, 6.07) is 5.63. The number of fused-ring (bicyclic) bond motifs is 1. The van der Waals surface area contributed by atoms with Crippen LogP contribution in [0.25, 0.3) is 6.08 Å². The number of benzene rings is 1. The monoisotopic (exact) mass is 345 g/mol. The van der Waals surface area contributed by atoms with Gasteiger partial charge in [0.2, 0.25) is 5.88 Å². The van der Waals surface area contributed by atoms with Crippen molar-refractivity contribution in [2.24, 2.45) is 4.99 Å². The highest BCUT2D eigenvalue weighted by Crippen LogP contribution is 2.42. The van der Waals surface area contributed by atoms with E-state index in [1.165, 1.54) is 0 Å². The van der Waals surface area contributed by atoms with Crippen LogP contribution in [0.3, 0.4) is 0 Å². The zero-order valence-corrected chi connectivity index (χ0v) is 14.8. The largest absolute Gasteiger partial charge is 0.492 e. The number of aliphatic hydroxyl groups is 1. The average Bonchev–Trinajstić information content (AvgIpc) is 3.07. The van der Waals surface area contributed by atoms with Gasteiger partial charge in [-0.25, -0.2) is 9.79 Å². The number of nitrogens with zero attached hydrogens (tertiary/aromatic N) is 3. The van der Waals surface area contributed by atoms with Gasteiger partial charge in [0.25, 0.3) is 0 Å². The van der Waals surface area contributed by atoms with Gasteiger partial charge in [0.1, 0.15) is 11.4 Å². The van der Waals surface area contributed by atoms with Crippen molar-refractivity contribution < 1.29 is 9.90 Å². The number of anilines is 1. The number of allylic oxidation sites excluding steroid dienone is 1. The van der Waals surface area contributed by atoms with E-state index in [9.17, 15) is 9.90 Å². The predicted molar refractivity (Wildman–Crippen MR) is 94.6 cm³/mol. The lowest BCUT2D eigenvalue weighted by molar-refractivity contribution is 0.196. The zero-order chi connectivity index (χ0) is 17.5. The highest BCUT2D eigenvalue weighted by Gasteiger charge is 2.46. The van der Waals surface area contributed by atoms with Crippen molar-refractivity contribution in [2.45, 2.75) is 38.8 Å². The Morgan fingerprint density at radius 2 is 2.17 bits per heavy atom. The Kier molecular flexibility index (Phi) is 4.16. The van der Waals surface area contributed by atoms with Gasteiger partial charge in [-0.05, 0) is 44.0 Å². The van der Waals surface area contributed by atoms with E-state index in [2.05, 4.69) is 18.8 Å². The quantitative estimate of drug-likeness (QED) is 0.672. The zero-order valence-electron chi connectivity index (χ0n) is 14.0. The molecular formula is C18H20ClN3O2. The van der Waals surface area contributed by atoms with E-state index in [-0.39, 0.29) is 11.6 Å². The Labute approximate surface area is 145 Å². The van der Waals surface area contributed by atoms with Gasteiger partial charge in [-0.15, -0.1) is 0 Å². The summed E-state index contributed by atoms with van der Waals surface area (Å²) < 4.78 is 0. The van der Waals surface area contributed by atoms with Gasteiger partial charge in [0.15, 0.2) is 11.1 Å². The lowest BCUT2D eigenvalue weighted by Gasteiger charge is -2.41. The van der Waals surface area contributed by atoms with Gasteiger partial charge in [-0.2, -0.15) is 0 Å². The molecule has 0 amide bonds. The molecule has 1 N–H and O–H groups in total. The molecule has 6 heteroatoms. The second-order valence-corrected chi connectivity index (χ2v) is 6.67. The Balaban J connectivity index is 2.11. The number of hydrogen-bond donors (Lipinski definition) is 1. The molecule has 0 saturated heterocycles. The maximum atomic E-state index is 10.8. The third-order valence-corrected chi connectivity index (χ3v) is 5.23. The van der Waals surface area contributed by atoms with Crippen molar-refractivity contribution in [1.29, 1.82) is 0 Å². The van der Waals surface area contributed by atoms with Crippen LogP contribution >= 0.6 is 11.6 Å². The summed E-state index contributed by atoms with van der Waals surface area (Å²) in [7, 11) is 1.89. The molecule has 0 spiro atoms. The summed E-state index contributed by atoms with van der Waals surface area (Å²) in [5.74, 6) is 1.85. The minimum absolute atomic E-state index is 0.0406. The number of carbonyl (C=O) groups excluding carboxylic acids is 1. The van der Waals surface area contributed by atoms with Crippen molar-refractivity contribution in [1.82, 2.24) is 4.90 Å². The molecule has 1 unspecified atom stereocenters. The van der Waals surface area contributed by atoms with Crippen LogP contribution in [0.1, 0.15) is 33.1 Å². The van der Waals surface area contributed by atoms with E-state index in [0.29, 0.717) is 5.16 Å². The number of aliphatic hydroxyl groups excluding tert-OH is 1. The van der Waals surface area contributed by atoms with Crippen molar-refractivity contribution in [3.63, 3.8) is 0 Å². The molecule has 2 heterocycles. The molecule has 0 aliphatic carbocycles. The first-order valence-electron chi connectivity index (χ1n) is 8.01. The number of hydrogen-bond acceptors (Lipinski definition) is 5. The average molecular weight is 346 g/mol. The molecule has 0 saturated carbocycles. The van der Waals surface area contributed by atoms with Crippen molar-refractivity contribution in [2.75, 3.05) is 11.9 Å². The third-order valence-electron chi connectivity index (χ3n) is 4.81. The summed E-state index contributed by atoms with van der Waals surface area (Å²) in [5, 5.41) is 12.5. The summed E-state index contributed by atoms with van der Waals surface area (Å²) in [5.41, 5.74) is 0.642. The molecule has 0 fully saturated rings. The van der Waals surface area contributed by atoms with E-state index < -0.39 is 5.66 Å². The van der Waals surface area contributed by atoms with Crippen molar-refractivity contribution >= 4 is 29.3 Å². The Hall–Kier alpha value is -2.23. The minimum atomic E-state index is -0.454. The Morgan fingerprint density at radius 3 is 2.83 bits per heavy atom. The topological polar surface area (TPSA) is 56.1 Å². The highest BCUT2D eigenvalue weighted by molar-refractivity contribution is 6.30. The summed E-state index contributed by atoms with van der Waals surface area (Å²) in [6.45, 7) is 4.20. The van der Waals surface area contributed by atoms with Crippen LogP contribution < -0.4 is 15.5 Å². The van der Waals surface area contributed by atoms with Crippen LogP contribution in [0.2, 0.25) is 0 Å². The fraction of sp³-hybridized carbons (Fsp3) is 0.389. The molecule has 0 bridgehead atoms. The summed E-state index contributed by atoms with van der Waals surface area (Å²) >= 11 is 6.32. The molecule has 126 valence electrons. The van der Waals surface area contributed by atoms with Crippen LogP contribution in [-0.4, -0.2) is 28.7 Å². The van der Waals surface area contributed by atoms with Crippen LogP contribution in [0, 0.1) is 0 Å². The van der Waals surface area contributed by atoms with Crippen LogP contribution in [0.5, 0.6) is 0 Å². The molecule has 0 radical (unpaired) electrons. The van der Waals surface area contributed by atoms with Gasteiger partial charge in [-0.1, -0.05) is 24.9 Å². The summed E-state index contributed by atoms with van der Waals surface area (Å²) in [6.07, 6.45) is 4.61. The number of rotatable bonds is 4. The van der Waals surface area contributed by atoms with Crippen LogP contribution in [0.15, 0.2) is 39.9 Å². The normalized spacial score (nSPS) is 22.4. The minimum Gasteiger partial charge on any atom is -0.492 e. The molecule has 1 aromatic rings. The third kappa shape index (κ3) is 2.41. The number of unbranched alkanes of at least 4 members (excludes halogenated alkanes) is 1. The maximum absolute atomic E-state index is 10.8. The molecule has 5 nitrogen and oxygen atoms in total. The van der Waals surface area contributed by atoms with Gasteiger partial charge < -0.3 is 10.0 Å². The first-order valence-corrected chi connectivity index (χ1v) is 8.38. The second kappa shape index (κ2) is 6.00. The van der Waals surface area contributed by atoms with E-state index >= 15 is 0 Å². The molecule has 1 aromatic carbocycles. The molecule has 24 heavy (non-hydrogen) atoms. The molecule has 3 rings (SSSR count).